The summed E-state index contributed by atoms with van der Waals surface area (Å²) in [6, 6.07) is 3.77. The number of fused-ring (bicyclic) bond motifs is 1. The Labute approximate surface area is 93.2 Å². The van der Waals surface area contributed by atoms with E-state index < -0.39 is 0 Å². The molecule has 0 bridgehead atoms. The van der Waals surface area contributed by atoms with E-state index in [1.807, 2.05) is 19.1 Å². The number of nitrogens with zero attached hydrogens (tertiary/aromatic N) is 1. The average Bonchev–Trinajstić information content (AvgIpc) is 2.66. The number of aromatic nitrogens is 1. The molecule has 1 aromatic heterocycles. The fraction of sp³-hybridized carbons (Fsp3) is 0.364. The number of hydrogen-bond acceptors (Lipinski definition) is 3. The van der Waals surface area contributed by atoms with E-state index in [4.69, 9.17) is 21.8 Å². The van der Waals surface area contributed by atoms with Crippen LogP contribution < -0.4 is 5.73 Å². The molecule has 0 fully saturated rings. The lowest BCUT2D eigenvalue weighted by atomic mass is 10.2. The zero-order valence-electron chi connectivity index (χ0n) is 8.59. The van der Waals surface area contributed by atoms with Crippen LogP contribution in [0.25, 0.3) is 11.1 Å². The number of nitrogens with two attached hydrogens (primary N) is 1. The predicted molar refractivity (Wildman–Crippen MR) is 61.1 cm³/mol. The van der Waals surface area contributed by atoms with Crippen molar-refractivity contribution in [1.82, 2.24) is 4.98 Å². The van der Waals surface area contributed by atoms with Crippen molar-refractivity contribution in [1.29, 1.82) is 0 Å². The molecule has 0 atom stereocenters. The Balaban J connectivity index is 2.45. The second kappa shape index (κ2) is 4.21. The van der Waals surface area contributed by atoms with Crippen molar-refractivity contribution in [2.75, 3.05) is 6.54 Å². The molecule has 0 aliphatic rings. The molecule has 0 aliphatic heterocycles. The van der Waals surface area contributed by atoms with Crippen LogP contribution in [-0.4, -0.2) is 11.5 Å². The summed E-state index contributed by atoms with van der Waals surface area (Å²) >= 11 is 6.02. The summed E-state index contributed by atoms with van der Waals surface area (Å²) in [6.45, 7) is 2.64. The molecule has 0 unspecified atom stereocenters. The lowest BCUT2D eigenvalue weighted by Gasteiger charge is -1.93. The number of hydrogen-bond donors (Lipinski definition) is 1. The first kappa shape index (κ1) is 10.5. The largest absolute Gasteiger partial charge is 0.439 e. The van der Waals surface area contributed by atoms with Gasteiger partial charge >= 0.3 is 0 Å². The first-order chi connectivity index (χ1) is 7.22. The van der Waals surface area contributed by atoms with Gasteiger partial charge in [-0.25, -0.2) is 4.98 Å². The molecule has 1 aromatic carbocycles. The summed E-state index contributed by atoms with van der Waals surface area (Å²) in [5.74, 6) is 0.714. The summed E-state index contributed by atoms with van der Waals surface area (Å²) in [5, 5.41) is 0.613. The number of aryl methyl sites for hydroxylation is 2. The maximum absolute atomic E-state index is 6.02. The normalized spacial score (nSPS) is 11.1. The summed E-state index contributed by atoms with van der Waals surface area (Å²) in [5.41, 5.74) is 8.06. The molecule has 2 N–H and O–H groups in total. The maximum atomic E-state index is 6.02. The van der Waals surface area contributed by atoms with Crippen molar-refractivity contribution in [2.24, 2.45) is 5.73 Å². The molecule has 0 spiro atoms. The van der Waals surface area contributed by atoms with Crippen LogP contribution in [0.1, 0.15) is 17.9 Å². The highest BCUT2D eigenvalue weighted by molar-refractivity contribution is 6.34. The zero-order valence-corrected chi connectivity index (χ0v) is 9.34. The number of benzene rings is 1. The lowest BCUT2D eigenvalue weighted by molar-refractivity contribution is 0.521. The van der Waals surface area contributed by atoms with Gasteiger partial charge in [-0.1, -0.05) is 17.7 Å². The van der Waals surface area contributed by atoms with Crippen LogP contribution in [0.5, 0.6) is 0 Å². The van der Waals surface area contributed by atoms with Crippen molar-refractivity contribution in [2.45, 2.75) is 19.8 Å². The predicted octanol–water partition coefficient (Wildman–Crippen LogP) is 2.68. The molecule has 1 heterocycles. The summed E-state index contributed by atoms with van der Waals surface area (Å²) in [7, 11) is 0. The number of halogens is 1. The minimum absolute atomic E-state index is 0.613. The Morgan fingerprint density at radius 2 is 2.27 bits per heavy atom. The topological polar surface area (TPSA) is 52.0 Å². The van der Waals surface area contributed by atoms with Gasteiger partial charge < -0.3 is 10.2 Å². The van der Waals surface area contributed by atoms with Gasteiger partial charge in [-0.2, -0.15) is 0 Å². The molecule has 2 aromatic rings. The first-order valence-corrected chi connectivity index (χ1v) is 5.34. The summed E-state index contributed by atoms with van der Waals surface area (Å²) in [4.78, 5) is 4.40. The van der Waals surface area contributed by atoms with Crippen LogP contribution in [0.2, 0.25) is 5.02 Å². The molecular formula is C11H13ClN2O. The molecular weight excluding hydrogens is 212 g/mol. The van der Waals surface area contributed by atoms with Gasteiger partial charge in [0.15, 0.2) is 11.5 Å². The standard InChI is InChI=1S/C11H13ClN2O/c1-7-4-5-8(12)11-10(7)14-9(15-11)3-2-6-13/h4-5H,2-3,6,13H2,1H3. The second-order valence-electron chi connectivity index (χ2n) is 3.54. The smallest absolute Gasteiger partial charge is 0.195 e. The molecule has 2 rings (SSSR count). The quantitative estimate of drug-likeness (QED) is 0.872. The van der Waals surface area contributed by atoms with Gasteiger partial charge in [0.25, 0.3) is 0 Å². The fourth-order valence-electron chi connectivity index (χ4n) is 1.51. The Kier molecular flexibility index (Phi) is 2.93. The Morgan fingerprint density at radius 3 is 2.93 bits per heavy atom. The SMILES string of the molecule is Cc1ccc(Cl)c2oc(CCCN)nc12. The Bertz CT molecular complexity index is 440. The molecule has 0 radical (unpaired) electrons. The van der Waals surface area contributed by atoms with E-state index in [2.05, 4.69) is 4.98 Å². The molecule has 0 amide bonds. The van der Waals surface area contributed by atoms with Gasteiger partial charge in [0.1, 0.15) is 5.52 Å². The third kappa shape index (κ3) is 1.98. The lowest BCUT2D eigenvalue weighted by Crippen LogP contribution is -2.00. The van der Waals surface area contributed by atoms with Crippen LogP contribution in [0.15, 0.2) is 16.5 Å². The highest BCUT2D eigenvalue weighted by atomic mass is 35.5. The van der Waals surface area contributed by atoms with E-state index in [0.717, 1.165) is 23.9 Å². The van der Waals surface area contributed by atoms with Crippen molar-refractivity contribution in [3.05, 3.63) is 28.6 Å². The monoisotopic (exact) mass is 224 g/mol. The Hall–Kier alpha value is -1.06. The van der Waals surface area contributed by atoms with E-state index in [0.29, 0.717) is 23.0 Å². The number of rotatable bonds is 3. The van der Waals surface area contributed by atoms with Gasteiger partial charge in [-0.3, -0.25) is 0 Å². The summed E-state index contributed by atoms with van der Waals surface area (Å²) < 4.78 is 5.58. The van der Waals surface area contributed by atoms with Crippen LogP contribution in [0.4, 0.5) is 0 Å². The first-order valence-electron chi connectivity index (χ1n) is 4.97. The van der Waals surface area contributed by atoms with E-state index in [1.165, 1.54) is 0 Å². The minimum atomic E-state index is 0.613. The van der Waals surface area contributed by atoms with Crippen LogP contribution in [0, 0.1) is 6.92 Å². The third-order valence-electron chi connectivity index (χ3n) is 2.34. The minimum Gasteiger partial charge on any atom is -0.439 e. The fourth-order valence-corrected chi connectivity index (χ4v) is 1.70. The van der Waals surface area contributed by atoms with Crippen LogP contribution in [-0.2, 0) is 6.42 Å². The number of oxazole rings is 1. The second-order valence-corrected chi connectivity index (χ2v) is 3.95. The van der Waals surface area contributed by atoms with Crippen LogP contribution >= 0.6 is 11.6 Å². The van der Waals surface area contributed by atoms with Gasteiger partial charge in [-0.05, 0) is 31.5 Å². The van der Waals surface area contributed by atoms with Gasteiger partial charge in [-0.15, -0.1) is 0 Å². The molecule has 0 aliphatic carbocycles. The van der Waals surface area contributed by atoms with E-state index in [-0.39, 0.29) is 0 Å². The molecule has 3 nitrogen and oxygen atoms in total. The highest BCUT2D eigenvalue weighted by Gasteiger charge is 2.10. The van der Waals surface area contributed by atoms with Crippen molar-refractivity contribution >= 4 is 22.7 Å². The molecule has 4 heteroatoms. The van der Waals surface area contributed by atoms with Gasteiger partial charge in [0, 0.05) is 6.42 Å². The molecule has 0 saturated heterocycles. The molecule has 15 heavy (non-hydrogen) atoms. The van der Waals surface area contributed by atoms with Gasteiger partial charge in [0.2, 0.25) is 0 Å². The highest BCUT2D eigenvalue weighted by Crippen LogP contribution is 2.27. The molecule has 0 saturated carbocycles. The van der Waals surface area contributed by atoms with Crippen molar-refractivity contribution in [3.63, 3.8) is 0 Å². The molecule has 80 valence electrons. The van der Waals surface area contributed by atoms with Crippen LogP contribution in [0.3, 0.4) is 0 Å². The maximum Gasteiger partial charge on any atom is 0.195 e. The third-order valence-corrected chi connectivity index (χ3v) is 2.63. The van der Waals surface area contributed by atoms with E-state index in [1.54, 1.807) is 0 Å². The van der Waals surface area contributed by atoms with E-state index in [9.17, 15) is 0 Å². The van der Waals surface area contributed by atoms with Gasteiger partial charge in [0.05, 0.1) is 5.02 Å². The van der Waals surface area contributed by atoms with Crippen molar-refractivity contribution in [3.8, 4) is 0 Å². The van der Waals surface area contributed by atoms with Crippen molar-refractivity contribution < 1.29 is 4.42 Å². The Morgan fingerprint density at radius 1 is 1.47 bits per heavy atom. The van der Waals surface area contributed by atoms with E-state index >= 15 is 0 Å². The average molecular weight is 225 g/mol. The zero-order chi connectivity index (χ0) is 10.8. The summed E-state index contributed by atoms with van der Waals surface area (Å²) in [6.07, 6.45) is 1.64.